The molecule has 1 aliphatic carbocycles. The molecule has 0 aromatic heterocycles. The number of hydrogen-bond acceptors (Lipinski definition) is 4. The summed E-state index contributed by atoms with van der Waals surface area (Å²) >= 11 is 0. The number of rotatable bonds is 2. The third-order valence-corrected chi connectivity index (χ3v) is 6.49. The van der Waals surface area contributed by atoms with E-state index in [0.717, 1.165) is 64.3 Å². The van der Waals surface area contributed by atoms with Gasteiger partial charge in [0.05, 0.1) is 18.8 Å². The molecule has 136 valence electrons. The Hall–Kier alpha value is -1.10. The maximum Gasteiger partial charge on any atom is 0.124 e. The van der Waals surface area contributed by atoms with Crippen molar-refractivity contribution in [1.29, 1.82) is 0 Å². The summed E-state index contributed by atoms with van der Waals surface area (Å²) < 4.78 is 17.8. The topological polar surface area (TPSA) is 39.7 Å². The molecule has 1 aromatic carbocycles. The first kappa shape index (κ1) is 16.1. The van der Waals surface area contributed by atoms with Crippen molar-refractivity contribution in [3.8, 4) is 5.75 Å². The molecule has 1 N–H and O–H groups in total. The van der Waals surface area contributed by atoms with Crippen molar-refractivity contribution in [3.63, 3.8) is 0 Å². The Bertz CT molecular complexity index is 638. The normalized spacial score (nSPS) is 34.4. The molecule has 3 atom stereocenters. The van der Waals surface area contributed by atoms with Crippen molar-refractivity contribution >= 4 is 0 Å². The first-order valence-corrected chi connectivity index (χ1v) is 10.1. The second kappa shape index (κ2) is 6.57. The maximum absolute atomic E-state index is 6.11. The zero-order chi connectivity index (χ0) is 16.7. The summed E-state index contributed by atoms with van der Waals surface area (Å²) in [5, 5.41) is 3.98. The van der Waals surface area contributed by atoms with E-state index in [9.17, 15) is 0 Å². The van der Waals surface area contributed by atoms with E-state index in [-0.39, 0.29) is 5.60 Å². The van der Waals surface area contributed by atoms with Crippen LogP contribution in [0.5, 0.6) is 5.75 Å². The maximum atomic E-state index is 6.11. The van der Waals surface area contributed by atoms with E-state index in [1.807, 2.05) is 0 Å². The van der Waals surface area contributed by atoms with Crippen LogP contribution in [-0.4, -0.2) is 38.1 Å². The van der Waals surface area contributed by atoms with Crippen molar-refractivity contribution < 1.29 is 14.2 Å². The predicted octanol–water partition coefficient (Wildman–Crippen LogP) is 3.32. The van der Waals surface area contributed by atoms with Gasteiger partial charge in [-0.2, -0.15) is 0 Å². The van der Waals surface area contributed by atoms with Gasteiger partial charge in [-0.05, 0) is 62.1 Å². The lowest BCUT2D eigenvalue weighted by Crippen LogP contribution is -2.48. The fourth-order valence-corrected chi connectivity index (χ4v) is 5.13. The number of nitrogens with one attached hydrogen (secondary N) is 1. The minimum absolute atomic E-state index is 0.0299. The largest absolute Gasteiger partial charge is 0.493 e. The molecule has 3 heterocycles. The summed E-state index contributed by atoms with van der Waals surface area (Å²) in [5.41, 5.74) is 4.41. The lowest BCUT2D eigenvalue weighted by Gasteiger charge is -2.39. The summed E-state index contributed by atoms with van der Waals surface area (Å²) in [6.07, 6.45) is 9.23. The highest BCUT2D eigenvalue weighted by Gasteiger charge is 2.41. The molecular weight excluding hydrogens is 314 g/mol. The van der Waals surface area contributed by atoms with E-state index in [0.29, 0.717) is 12.1 Å². The predicted molar refractivity (Wildman–Crippen MR) is 96.2 cm³/mol. The Labute approximate surface area is 150 Å². The number of aryl methyl sites for hydroxylation is 2. The van der Waals surface area contributed by atoms with Gasteiger partial charge in [-0.1, -0.05) is 6.07 Å². The van der Waals surface area contributed by atoms with Crippen LogP contribution >= 0.6 is 0 Å². The van der Waals surface area contributed by atoms with Gasteiger partial charge in [0, 0.05) is 37.3 Å². The van der Waals surface area contributed by atoms with Crippen LogP contribution in [-0.2, 0) is 22.3 Å². The number of benzene rings is 1. The van der Waals surface area contributed by atoms with Gasteiger partial charge in [0.25, 0.3) is 0 Å². The quantitative estimate of drug-likeness (QED) is 0.894. The smallest absolute Gasteiger partial charge is 0.124 e. The van der Waals surface area contributed by atoms with Crippen molar-refractivity contribution in [2.24, 2.45) is 0 Å². The molecule has 2 fully saturated rings. The van der Waals surface area contributed by atoms with Crippen LogP contribution in [0.1, 0.15) is 61.3 Å². The molecule has 0 amide bonds. The molecule has 1 spiro atoms. The van der Waals surface area contributed by atoms with E-state index in [2.05, 4.69) is 17.4 Å². The molecule has 4 aliphatic rings. The summed E-state index contributed by atoms with van der Waals surface area (Å²) in [5.74, 6) is 1.13. The molecule has 5 rings (SSSR count). The standard InChI is InChI=1S/C21H29NO3/c1-3-15-11-18-19(5-2-8-24-20(18)12-16(15)4-1)22-17-6-9-25-21(13-17)7-10-23-14-21/h11-12,17,19,22H,1-10,13-14H2. The monoisotopic (exact) mass is 343 g/mol. The van der Waals surface area contributed by atoms with Crippen LogP contribution in [0.25, 0.3) is 0 Å². The minimum atomic E-state index is -0.0299. The van der Waals surface area contributed by atoms with Crippen LogP contribution in [0.15, 0.2) is 12.1 Å². The van der Waals surface area contributed by atoms with Gasteiger partial charge in [0.15, 0.2) is 0 Å². The molecule has 3 unspecified atom stereocenters. The average molecular weight is 343 g/mol. The zero-order valence-electron chi connectivity index (χ0n) is 15.0. The third-order valence-electron chi connectivity index (χ3n) is 6.49. The van der Waals surface area contributed by atoms with Gasteiger partial charge in [0.1, 0.15) is 5.75 Å². The highest BCUT2D eigenvalue weighted by molar-refractivity contribution is 5.46. The SMILES string of the molecule is c1c2c(cc3c1OCCCC3NC1CCOC3(CCOC3)C1)CCC2. The second-order valence-corrected chi connectivity index (χ2v) is 8.25. The fourth-order valence-electron chi connectivity index (χ4n) is 5.13. The van der Waals surface area contributed by atoms with E-state index < -0.39 is 0 Å². The number of fused-ring (bicyclic) bond motifs is 2. The molecule has 25 heavy (non-hydrogen) atoms. The Kier molecular flexibility index (Phi) is 4.23. The molecule has 3 aliphatic heterocycles. The van der Waals surface area contributed by atoms with Gasteiger partial charge in [-0.15, -0.1) is 0 Å². The molecule has 4 heteroatoms. The van der Waals surface area contributed by atoms with E-state index in [1.54, 1.807) is 5.56 Å². The molecule has 1 aromatic rings. The average Bonchev–Trinajstić information content (AvgIpc) is 3.21. The van der Waals surface area contributed by atoms with Crippen LogP contribution in [0, 0.1) is 0 Å². The molecule has 0 bridgehead atoms. The fraction of sp³-hybridized carbons (Fsp3) is 0.714. The van der Waals surface area contributed by atoms with Crippen LogP contribution in [0.2, 0.25) is 0 Å². The van der Waals surface area contributed by atoms with E-state index in [1.165, 1.54) is 30.4 Å². The summed E-state index contributed by atoms with van der Waals surface area (Å²) in [6.45, 7) is 3.30. The third kappa shape index (κ3) is 3.09. The Balaban J connectivity index is 1.37. The zero-order valence-corrected chi connectivity index (χ0v) is 15.0. The van der Waals surface area contributed by atoms with Crippen LogP contribution < -0.4 is 10.1 Å². The van der Waals surface area contributed by atoms with E-state index >= 15 is 0 Å². The van der Waals surface area contributed by atoms with Crippen LogP contribution in [0.4, 0.5) is 0 Å². The van der Waals surface area contributed by atoms with Gasteiger partial charge in [-0.25, -0.2) is 0 Å². The molecule has 0 radical (unpaired) electrons. The van der Waals surface area contributed by atoms with Gasteiger partial charge >= 0.3 is 0 Å². The summed E-state index contributed by atoms with van der Waals surface area (Å²) in [6, 6.07) is 5.69. The highest BCUT2D eigenvalue weighted by atomic mass is 16.6. The Morgan fingerprint density at radius 3 is 2.80 bits per heavy atom. The van der Waals surface area contributed by atoms with Gasteiger partial charge in [0.2, 0.25) is 0 Å². The number of hydrogen-bond donors (Lipinski definition) is 1. The van der Waals surface area contributed by atoms with Crippen LogP contribution in [0.3, 0.4) is 0 Å². The molecule has 0 saturated carbocycles. The first-order valence-electron chi connectivity index (χ1n) is 10.1. The van der Waals surface area contributed by atoms with Crippen molar-refractivity contribution in [2.75, 3.05) is 26.4 Å². The highest BCUT2D eigenvalue weighted by Crippen LogP contribution is 2.39. The lowest BCUT2D eigenvalue weighted by atomic mass is 9.88. The Morgan fingerprint density at radius 1 is 1.00 bits per heavy atom. The van der Waals surface area contributed by atoms with Gasteiger partial charge in [-0.3, -0.25) is 0 Å². The van der Waals surface area contributed by atoms with Crippen molar-refractivity contribution in [3.05, 3.63) is 28.8 Å². The minimum Gasteiger partial charge on any atom is -0.493 e. The molecular formula is C21H29NO3. The summed E-state index contributed by atoms with van der Waals surface area (Å²) in [4.78, 5) is 0. The number of ether oxygens (including phenoxy) is 3. The lowest BCUT2D eigenvalue weighted by molar-refractivity contribution is -0.0904. The molecule has 4 nitrogen and oxygen atoms in total. The van der Waals surface area contributed by atoms with Crippen molar-refractivity contribution in [1.82, 2.24) is 5.32 Å². The first-order chi connectivity index (χ1) is 12.3. The van der Waals surface area contributed by atoms with Crippen molar-refractivity contribution in [2.45, 2.75) is 69.1 Å². The van der Waals surface area contributed by atoms with E-state index in [4.69, 9.17) is 14.2 Å². The summed E-state index contributed by atoms with van der Waals surface area (Å²) in [7, 11) is 0. The second-order valence-electron chi connectivity index (χ2n) is 8.25. The molecule has 2 saturated heterocycles. The van der Waals surface area contributed by atoms with Gasteiger partial charge < -0.3 is 19.5 Å². The Morgan fingerprint density at radius 2 is 1.92 bits per heavy atom.